The van der Waals surface area contributed by atoms with Gasteiger partial charge in [0.1, 0.15) is 71.1 Å². The molecule has 23 rings (SSSR count). The van der Waals surface area contributed by atoms with Gasteiger partial charge in [-0.2, -0.15) is 20.4 Å². The number of carbonyl (C=O) groups excluding carboxylic acids is 10. The van der Waals surface area contributed by atoms with E-state index in [2.05, 4.69) is 192 Å². The Balaban J connectivity index is 0.000000121. The molecule has 0 unspecified atom stereocenters. The number of imidazole rings is 2. The van der Waals surface area contributed by atoms with Crippen LogP contribution in [0.5, 0.6) is 0 Å². The SMILES string of the molecule is CC(=O)c1nc(CC(=O)N2[C@H](C(=O)Nc3nc(Br)ccc3C)C[C@@]3(C)C[C@@H]23)n2ccc(-c3cnc(C)nc3)cc12.Cc1ccc(Br)nc1CC(=O)[C@@H]1C[C@@]2(C)C[C@H]2N1C(=O)Cc1cccc(C2=NN=C(C(C)C)C2)c1.Cc1ccc(Br)nc1CC(=O)[C@@H]1C[C@@]2(C)C[C@H]2N1C(=O)Cc1cccc(C2=NN=C(C3CC3)C2)c1.Cc1ncc(-c2ccn3c(CC(=O)N4[C@H](C(=O)Nc5nc(Br)ccc5C)C[C@@]5(C)C[C@@H]45)nc(C(N)=O)c3c2)cn1. The molecule has 12 atom stereocenters. The molecule has 6 aliphatic heterocycles. The lowest BCUT2D eigenvalue weighted by Gasteiger charge is -2.27. The van der Waals surface area contributed by atoms with Gasteiger partial charge in [0.25, 0.3) is 5.91 Å². The van der Waals surface area contributed by atoms with E-state index < -0.39 is 18.0 Å². The number of benzene rings is 2. The highest BCUT2D eigenvalue weighted by Gasteiger charge is 2.68. The number of carbonyl (C=O) groups is 10. The lowest BCUT2D eigenvalue weighted by atomic mass is 9.95. The molecule has 37 heteroatoms. The second-order valence-electron chi connectivity index (χ2n) is 43.5. The number of rotatable bonds is 26. The highest BCUT2D eigenvalue weighted by Crippen LogP contribution is 2.63. The van der Waals surface area contributed by atoms with E-state index in [9.17, 15) is 47.9 Å². The smallest absolute Gasteiger partial charge is 0.269 e. The van der Waals surface area contributed by atoms with Crippen molar-refractivity contribution in [2.24, 2.45) is 59.6 Å². The molecule has 5 aliphatic carbocycles. The summed E-state index contributed by atoms with van der Waals surface area (Å²) < 4.78 is 6.14. The molecule has 33 nitrogen and oxygen atoms in total. The van der Waals surface area contributed by atoms with E-state index in [0.29, 0.717) is 92.0 Å². The number of ketones is 3. The molecule has 9 fully saturated rings. The van der Waals surface area contributed by atoms with Crippen molar-refractivity contribution in [3.05, 3.63) is 268 Å². The van der Waals surface area contributed by atoms with Crippen molar-refractivity contribution in [3.63, 3.8) is 0 Å². The number of nitrogens with zero attached hydrogens (tertiary/aromatic N) is 20. The number of piperidine rings is 4. The summed E-state index contributed by atoms with van der Waals surface area (Å²) in [5, 5.41) is 23.3. The topological polar surface area (TPSA) is 421 Å². The third-order valence-corrected chi connectivity index (χ3v) is 33.5. The fraction of sp³-hybridized carbons (Fsp3) is 0.398. The van der Waals surface area contributed by atoms with Gasteiger partial charge < -0.3 is 44.8 Å². The van der Waals surface area contributed by atoms with Crippen molar-refractivity contribution in [1.29, 1.82) is 0 Å². The van der Waals surface area contributed by atoms with Crippen LogP contribution in [-0.2, 0) is 76.9 Å². The van der Waals surface area contributed by atoms with Crippen molar-refractivity contribution in [1.82, 2.24) is 78.2 Å². The summed E-state index contributed by atoms with van der Waals surface area (Å²) in [6.07, 6.45) is 21.7. The fourth-order valence-electron chi connectivity index (χ4n) is 22.4. The van der Waals surface area contributed by atoms with Crippen LogP contribution >= 0.6 is 63.7 Å². The van der Waals surface area contributed by atoms with Crippen LogP contribution in [0.25, 0.3) is 33.3 Å². The Morgan fingerprint density at radius 3 is 1.17 bits per heavy atom. The van der Waals surface area contributed by atoms with E-state index in [4.69, 9.17) is 5.73 Å². The molecule has 11 aliphatic rings. The molecule has 0 spiro atoms. The summed E-state index contributed by atoms with van der Waals surface area (Å²) in [5.74, 6) is 2.44. The highest BCUT2D eigenvalue weighted by atomic mass is 79.9. The van der Waals surface area contributed by atoms with Crippen LogP contribution < -0.4 is 16.4 Å². The highest BCUT2D eigenvalue weighted by molar-refractivity contribution is 9.11. The van der Waals surface area contributed by atoms with Crippen LogP contribution in [0.15, 0.2) is 197 Å². The van der Waals surface area contributed by atoms with Gasteiger partial charge in [0.05, 0.1) is 84.5 Å². The molecule has 2 aromatic carbocycles. The molecule has 0 radical (unpaired) electrons. The molecule has 4 N–H and O–H groups in total. The zero-order valence-corrected chi connectivity index (χ0v) is 92.0. The van der Waals surface area contributed by atoms with Gasteiger partial charge in [0, 0.05) is 104 Å². The van der Waals surface area contributed by atoms with Crippen LogP contribution in [0, 0.1) is 75.0 Å². The minimum Gasteiger partial charge on any atom is -0.364 e. The van der Waals surface area contributed by atoms with Crippen LogP contribution in [-0.4, -0.2) is 208 Å². The molecule has 7 amide bonds. The van der Waals surface area contributed by atoms with Gasteiger partial charge in [-0.15, -0.1) is 0 Å². The summed E-state index contributed by atoms with van der Waals surface area (Å²) in [7, 11) is 0. The molecular weight excluding hydrogens is 2160 g/mol. The largest absolute Gasteiger partial charge is 0.364 e. The predicted molar refractivity (Wildman–Crippen MR) is 581 cm³/mol. The van der Waals surface area contributed by atoms with Crippen molar-refractivity contribution in [2.45, 2.75) is 254 Å². The summed E-state index contributed by atoms with van der Waals surface area (Å²) in [5.41, 5.74) is 23.6. The number of hydrogen-bond acceptors (Lipinski definition) is 24. The molecular formula is C113H115Br4N23O10. The van der Waals surface area contributed by atoms with E-state index >= 15 is 0 Å². The average Bonchev–Trinajstić information content (AvgIpc) is 1.56. The summed E-state index contributed by atoms with van der Waals surface area (Å²) in [6.45, 7) is 25.6. The zero-order valence-electron chi connectivity index (χ0n) is 85.6. The van der Waals surface area contributed by atoms with Crippen LogP contribution in [0.2, 0.25) is 0 Å². The van der Waals surface area contributed by atoms with Gasteiger partial charge in [-0.25, -0.2) is 49.8 Å². The summed E-state index contributed by atoms with van der Waals surface area (Å²) >= 11 is 13.5. The number of pyridine rings is 6. The third kappa shape index (κ3) is 21.5. The Morgan fingerprint density at radius 1 is 0.400 bits per heavy atom. The van der Waals surface area contributed by atoms with Gasteiger partial charge in [0.15, 0.2) is 23.0 Å². The maximum absolute atomic E-state index is 13.8. The lowest BCUT2D eigenvalue weighted by molar-refractivity contribution is -0.138. The summed E-state index contributed by atoms with van der Waals surface area (Å²) in [4.78, 5) is 184. The van der Waals surface area contributed by atoms with Gasteiger partial charge >= 0.3 is 0 Å². The summed E-state index contributed by atoms with van der Waals surface area (Å²) in [6, 6.07) is 36.9. The van der Waals surface area contributed by atoms with Crippen LogP contribution in [0.3, 0.4) is 0 Å². The second-order valence-corrected chi connectivity index (χ2v) is 46.7. The van der Waals surface area contributed by atoms with Crippen molar-refractivity contribution < 1.29 is 47.9 Å². The first-order chi connectivity index (χ1) is 71.5. The van der Waals surface area contributed by atoms with Crippen molar-refractivity contribution >= 4 is 168 Å². The molecule has 10 aromatic heterocycles. The van der Waals surface area contributed by atoms with Gasteiger partial charge in [-0.3, -0.25) is 47.9 Å². The number of amides is 7. The van der Waals surface area contributed by atoms with Gasteiger partial charge in [0.2, 0.25) is 35.4 Å². The Morgan fingerprint density at radius 2 is 0.773 bits per heavy atom. The monoisotopic (exact) mass is 2270 g/mol. The van der Waals surface area contributed by atoms with E-state index in [0.717, 1.165) is 156 Å². The standard InChI is InChI=1S/C29H28BrN7O3.C28H27BrN8O3.C28H29BrN4O2.C28H31BrN4O2/c1-15-5-6-23(30)33-27(15)35-28(40)21-11-29(4)12-22(29)37(21)25(39)10-24-34-26(16(2)38)20-9-18(7-8-36(20)24)19-13-31-17(3)32-14-19;1-14-4-5-21(29)33-26(14)35-27(40)19-10-28(3)11-20(28)37(19)23(38)9-22-34-24(25(30)39)18-8-16(6-7-36(18)22)17-12-31-15(2)32-13-17;1-16-6-9-26(29)30-20(16)13-24(34)23-14-28(2)15-25(28)33(23)27(35)11-17-4-3-5-19(10-17)22-12-21(31-32-22)18-7-8-18;1-16(2)20-12-22(32-31-20)19-7-5-6-18(10-19)11-27(35)33-23(14-28(4)15-25(28)33)24(34)13-21-17(3)8-9-26(29)30-21/h5-9,13-14,21-22H,10-12H2,1-4H3,(H,33,35,40);4-8,12-13,19-20H,9-11H2,1-3H3,(H2,30,39)(H,33,35,40);3-6,9-10,18,23,25H,7-8,11-15H2,1-2H3;5-10,16,23,25H,11-15H2,1-4H3/t21-,22+,29-;19-,20+,28-;2*23-,25+,28-/m0000/s1. The number of Topliss-reactive ketones (excluding diaryl/α,β-unsaturated/α-hetero) is 3. The Hall–Kier alpha value is -13.5. The number of nitrogens with one attached hydrogen (secondary N) is 2. The average molecular weight is 2270 g/mol. The van der Waals surface area contributed by atoms with Gasteiger partial charge in [-0.05, 0) is 319 Å². The van der Waals surface area contributed by atoms with Crippen LogP contribution in [0.4, 0.5) is 11.6 Å². The third-order valence-electron chi connectivity index (χ3n) is 31.8. The number of halogens is 4. The van der Waals surface area contributed by atoms with E-state index in [1.54, 1.807) is 68.6 Å². The minimum absolute atomic E-state index is 0.000963. The number of fused-ring (bicyclic) bond motifs is 6. The Bertz CT molecular complexity index is 7310. The number of aromatic nitrogens is 12. The first-order valence-electron chi connectivity index (χ1n) is 50.8. The molecule has 150 heavy (non-hydrogen) atoms. The normalized spacial score (nSPS) is 23.5. The number of nitrogens with two attached hydrogens (primary N) is 1. The number of anilines is 2. The van der Waals surface area contributed by atoms with Crippen molar-refractivity contribution in [3.8, 4) is 22.3 Å². The van der Waals surface area contributed by atoms with E-state index in [1.165, 1.54) is 25.5 Å². The predicted octanol–water partition coefficient (Wildman–Crippen LogP) is 17.5. The van der Waals surface area contributed by atoms with Crippen LogP contribution in [0.1, 0.15) is 226 Å². The first-order valence-corrected chi connectivity index (χ1v) is 54.0. The maximum Gasteiger partial charge on any atom is 0.269 e. The Labute approximate surface area is 901 Å². The molecule has 5 saturated carbocycles. The first kappa shape index (κ1) is 104. The second kappa shape index (κ2) is 41.0. The quantitative estimate of drug-likeness (QED) is 0.0335. The lowest BCUT2D eigenvalue weighted by Crippen LogP contribution is -2.46. The van der Waals surface area contributed by atoms with E-state index in [-0.39, 0.29) is 149 Å². The Kier molecular flexibility index (Phi) is 28.3. The minimum atomic E-state index is -0.696. The van der Waals surface area contributed by atoms with E-state index in [1.807, 2.05) is 154 Å². The number of primary amides is 1. The van der Waals surface area contributed by atoms with Crippen molar-refractivity contribution in [2.75, 3.05) is 10.6 Å². The molecule has 4 saturated heterocycles. The molecule has 16 heterocycles. The number of hydrogen-bond donors (Lipinski definition) is 3. The van der Waals surface area contributed by atoms with Gasteiger partial charge in [-0.1, -0.05) is 102 Å². The number of likely N-dealkylation sites (tertiary alicyclic amines) is 4. The zero-order chi connectivity index (χ0) is 106. The molecule has 12 aromatic rings. The fourth-order valence-corrected chi connectivity index (χ4v) is 23.7. The maximum atomic E-state index is 13.8. The number of aryl methyl sites for hydroxylation is 6. The molecule has 0 bridgehead atoms. The molecule has 770 valence electrons.